The van der Waals surface area contributed by atoms with Crippen molar-refractivity contribution in [2.24, 2.45) is 4.99 Å². The highest BCUT2D eigenvalue weighted by atomic mass is 79.9. The number of aryl methyl sites for hydroxylation is 2. The molecule has 3 rings (SSSR count). The van der Waals surface area contributed by atoms with Crippen LogP contribution in [-0.4, -0.2) is 21.1 Å². The first-order valence-corrected chi connectivity index (χ1v) is 9.60. The first-order valence-electron chi connectivity index (χ1n) is 7.99. The Labute approximate surface area is 169 Å². The summed E-state index contributed by atoms with van der Waals surface area (Å²) in [6.45, 7) is 3.81. The van der Waals surface area contributed by atoms with E-state index in [9.17, 15) is 10.1 Å². The third kappa shape index (κ3) is 5.21. The van der Waals surface area contributed by atoms with Gasteiger partial charge < -0.3 is 0 Å². The molecule has 0 saturated carbocycles. The number of aromatic nitrogens is 2. The predicted octanol–water partition coefficient (Wildman–Crippen LogP) is 5.67. The number of nitrogens with zero attached hydrogens (tertiary/aromatic N) is 4. The van der Waals surface area contributed by atoms with E-state index in [2.05, 4.69) is 30.9 Å². The van der Waals surface area contributed by atoms with E-state index < -0.39 is 4.92 Å². The number of nitro benzene ring substituents is 1. The SMILES string of the molecule is Cc1cc(C)nc(Sc2ccc([N+](=O)[O-])cc2C=Nc2cccc(Br)c2)n1. The van der Waals surface area contributed by atoms with Gasteiger partial charge in [-0.2, -0.15) is 0 Å². The first kappa shape index (κ1) is 19.2. The van der Waals surface area contributed by atoms with Crippen LogP contribution in [0.1, 0.15) is 17.0 Å². The molecular formula is C19H15BrN4O2S. The van der Waals surface area contributed by atoms with Gasteiger partial charge in [-0.1, -0.05) is 22.0 Å². The van der Waals surface area contributed by atoms with Crippen LogP contribution in [-0.2, 0) is 0 Å². The lowest BCUT2D eigenvalue weighted by atomic mass is 10.2. The van der Waals surface area contributed by atoms with Gasteiger partial charge in [0.05, 0.1) is 10.6 Å². The van der Waals surface area contributed by atoms with Crippen molar-refractivity contribution in [2.45, 2.75) is 23.9 Å². The van der Waals surface area contributed by atoms with Gasteiger partial charge in [-0.15, -0.1) is 0 Å². The molecule has 0 aliphatic carbocycles. The summed E-state index contributed by atoms with van der Waals surface area (Å²) in [5, 5.41) is 11.8. The van der Waals surface area contributed by atoms with E-state index in [-0.39, 0.29) is 5.69 Å². The van der Waals surface area contributed by atoms with Gasteiger partial charge in [-0.25, -0.2) is 9.97 Å². The quantitative estimate of drug-likeness (QED) is 0.220. The number of nitro groups is 1. The van der Waals surface area contributed by atoms with Crippen molar-refractivity contribution < 1.29 is 4.92 Å². The molecule has 0 spiro atoms. The van der Waals surface area contributed by atoms with Gasteiger partial charge in [-0.05, 0) is 55.9 Å². The highest BCUT2D eigenvalue weighted by Crippen LogP contribution is 2.30. The van der Waals surface area contributed by atoms with E-state index in [1.165, 1.54) is 23.9 Å². The van der Waals surface area contributed by atoms with Gasteiger partial charge >= 0.3 is 0 Å². The van der Waals surface area contributed by atoms with E-state index >= 15 is 0 Å². The smallest absolute Gasteiger partial charge is 0.258 e. The molecule has 0 radical (unpaired) electrons. The summed E-state index contributed by atoms with van der Waals surface area (Å²) in [6, 6.07) is 14.1. The van der Waals surface area contributed by atoms with Gasteiger partial charge in [-0.3, -0.25) is 15.1 Å². The molecule has 1 heterocycles. The molecule has 0 saturated heterocycles. The van der Waals surface area contributed by atoms with Crippen molar-refractivity contribution >= 4 is 45.3 Å². The lowest BCUT2D eigenvalue weighted by molar-refractivity contribution is -0.384. The fraction of sp³-hybridized carbons (Fsp3) is 0.105. The second-order valence-corrected chi connectivity index (χ2v) is 7.68. The lowest BCUT2D eigenvalue weighted by Gasteiger charge is -2.06. The minimum absolute atomic E-state index is 0.0105. The molecule has 27 heavy (non-hydrogen) atoms. The summed E-state index contributed by atoms with van der Waals surface area (Å²) in [7, 11) is 0. The molecule has 3 aromatic rings. The monoisotopic (exact) mass is 442 g/mol. The van der Waals surface area contributed by atoms with Crippen molar-refractivity contribution in [3.8, 4) is 0 Å². The zero-order valence-corrected chi connectivity index (χ0v) is 17.0. The van der Waals surface area contributed by atoms with Crippen LogP contribution in [0.2, 0.25) is 0 Å². The van der Waals surface area contributed by atoms with Gasteiger partial charge in [0.1, 0.15) is 0 Å². The Morgan fingerprint density at radius 1 is 1.11 bits per heavy atom. The summed E-state index contributed by atoms with van der Waals surface area (Å²) < 4.78 is 0.912. The summed E-state index contributed by atoms with van der Waals surface area (Å²) in [5.41, 5.74) is 3.13. The van der Waals surface area contributed by atoms with Crippen LogP contribution in [0.5, 0.6) is 0 Å². The molecule has 0 fully saturated rings. The minimum Gasteiger partial charge on any atom is -0.258 e. The van der Waals surface area contributed by atoms with Crippen molar-refractivity contribution in [2.75, 3.05) is 0 Å². The summed E-state index contributed by atoms with van der Waals surface area (Å²) >= 11 is 4.76. The Morgan fingerprint density at radius 2 is 1.85 bits per heavy atom. The zero-order chi connectivity index (χ0) is 19.4. The minimum atomic E-state index is -0.418. The van der Waals surface area contributed by atoms with E-state index in [4.69, 9.17) is 0 Å². The van der Waals surface area contributed by atoms with Gasteiger partial charge in [0.2, 0.25) is 0 Å². The average Bonchev–Trinajstić information content (AvgIpc) is 2.60. The maximum Gasteiger partial charge on any atom is 0.270 e. The highest BCUT2D eigenvalue weighted by Gasteiger charge is 2.12. The van der Waals surface area contributed by atoms with E-state index in [0.29, 0.717) is 10.7 Å². The molecule has 2 aromatic carbocycles. The number of benzene rings is 2. The van der Waals surface area contributed by atoms with Crippen LogP contribution in [0.25, 0.3) is 0 Å². The normalized spacial score (nSPS) is 11.1. The highest BCUT2D eigenvalue weighted by molar-refractivity contribution is 9.10. The van der Waals surface area contributed by atoms with Crippen LogP contribution < -0.4 is 0 Å². The van der Waals surface area contributed by atoms with E-state index in [1.807, 2.05) is 44.2 Å². The fourth-order valence-electron chi connectivity index (χ4n) is 2.38. The zero-order valence-electron chi connectivity index (χ0n) is 14.6. The van der Waals surface area contributed by atoms with Gasteiger partial charge in [0.25, 0.3) is 5.69 Å². The Morgan fingerprint density at radius 3 is 2.52 bits per heavy atom. The maximum absolute atomic E-state index is 11.2. The number of rotatable bonds is 5. The van der Waals surface area contributed by atoms with Crippen LogP contribution in [0, 0.1) is 24.0 Å². The summed E-state index contributed by atoms with van der Waals surface area (Å²) in [4.78, 5) is 24.8. The van der Waals surface area contributed by atoms with Crippen molar-refractivity contribution in [1.29, 1.82) is 0 Å². The molecule has 0 atom stereocenters. The number of aliphatic imine (C=N–C) groups is 1. The summed E-state index contributed by atoms with van der Waals surface area (Å²) in [5.74, 6) is 0. The van der Waals surface area contributed by atoms with Crippen molar-refractivity contribution in [3.63, 3.8) is 0 Å². The topological polar surface area (TPSA) is 81.3 Å². The van der Waals surface area contributed by atoms with Crippen molar-refractivity contribution in [1.82, 2.24) is 9.97 Å². The van der Waals surface area contributed by atoms with Crippen molar-refractivity contribution in [3.05, 3.63) is 80.1 Å². The lowest BCUT2D eigenvalue weighted by Crippen LogP contribution is -1.95. The maximum atomic E-state index is 11.2. The largest absolute Gasteiger partial charge is 0.270 e. The fourth-order valence-corrected chi connectivity index (χ4v) is 3.71. The number of hydrogen-bond acceptors (Lipinski definition) is 6. The molecule has 8 heteroatoms. The Bertz CT molecular complexity index is 1020. The predicted molar refractivity (Wildman–Crippen MR) is 110 cm³/mol. The van der Waals surface area contributed by atoms with Crippen LogP contribution in [0.4, 0.5) is 11.4 Å². The Balaban J connectivity index is 1.99. The molecule has 136 valence electrons. The standard InChI is InChI=1S/C19H15BrN4O2S/c1-12-8-13(2)23-19(22-12)27-18-7-6-17(24(25)26)9-14(18)11-21-16-5-3-4-15(20)10-16/h3-11H,1-2H3. The molecule has 0 bridgehead atoms. The molecular weight excluding hydrogens is 428 g/mol. The molecule has 6 nitrogen and oxygen atoms in total. The molecule has 1 aromatic heterocycles. The Hall–Kier alpha value is -2.58. The average molecular weight is 443 g/mol. The van der Waals surface area contributed by atoms with Crippen LogP contribution in [0.3, 0.4) is 0 Å². The number of non-ortho nitro benzene ring substituents is 1. The Kier molecular flexibility index (Phi) is 5.98. The van der Waals surface area contributed by atoms with E-state index in [1.54, 1.807) is 12.3 Å². The second kappa shape index (κ2) is 8.41. The molecule has 0 amide bonds. The first-order chi connectivity index (χ1) is 12.9. The van der Waals surface area contributed by atoms with E-state index in [0.717, 1.165) is 26.4 Å². The third-order valence-corrected chi connectivity index (χ3v) is 4.98. The second-order valence-electron chi connectivity index (χ2n) is 5.75. The van der Waals surface area contributed by atoms with Crippen LogP contribution in [0.15, 0.2) is 68.0 Å². The number of halogens is 1. The van der Waals surface area contributed by atoms with Gasteiger partial charge in [0.15, 0.2) is 5.16 Å². The molecule has 0 aliphatic rings. The molecule has 0 unspecified atom stereocenters. The number of hydrogen-bond donors (Lipinski definition) is 0. The van der Waals surface area contributed by atoms with Gasteiger partial charge in [0, 0.05) is 44.7 Å². The van der Waals surface area contributed by atoms with Crippen LogP contribution >= 0.6 is 27.7 Å². The summed E-state index contributed by atoms with van der Waals surface area (Å²) in [6.07, 6.45) is 1.62. The third-order valence-electron chi connectivity index (χ3n) is 3.53. The molecule has 0 N–H and O–H groups in total. The molecule has 0 aliphatic heterocycles.